The molecule has 0 aliphatic heterocycles. The highest BCUT2D eigenvalue weighted by Crippen LogP contribution is 2.43. The normalized spacial score (nSPS) is 13.5. The highest BCUT2D eigenvalue weighted by atomic mass is 16.6. The lowest BCUT2D eigenvalue weighted by Crippen LogP contribution is -2.01. The van der Waals surface area contributed by atoms with Gasteiger partial charge in [-0.2, -0.15) is 0 Å². The zero-order valence-electron chi connectivity index (χ0n) is 16.5. The van der Waals surface area contributed by atoms with Crippen LogP contribution < -0.4 is 0 Å². The van der Waals surface area contributed by atoms with E-state index >= 15 is 0 Å². The van der Waals surface area contributed by atoms with Crippen LogP contribution in [0.5, 0.6) is 0 Å². The summed E-state index contributed by atoms with van der Waals surface area (Å²) in [5, 5.41) is 11.5. The molecular formula is C24H22N2O2. The molecule has 140 valence electrons. The minimum Gasteiger partial charge on any atom is -0.258 e. The third-order valence-electron chi connectivity index (χ3n) is 5.41. The van der Waals surface area contributed by atoms with E-state index < -0.39 is 0 Å². The Morgan fingerprint density at radius 2 is 1.71 bits per heavy atom. The van der Waals surface area contributed by atoms with Crippen molar-refractivity contribution in [2.75, 3.05) is 0 Å². The molecule has 0 bridgehead atoms. The van der Waals surface area contributed by atoms with E-state index in [1.54, 1.807) is 12.1 Å². The molecule has 3 aromatic carbocycles. The predicted molar refractivity (Wildman–Crippen MR) is 114 cm³/mol. The Kier molecular flexibility index (Phi) is 4.34. The molecule has 0 aromatic heterocycles. The van der Waals surface area contributed by atoms with E-state index in [0.717, 1.165) is 56.8 Å². The van der Waals surface area contributed by atoms with Gasteiger partial charge in [0.15, 0.2) is 0 Å². The number of nitro benzene ring substituents is 1. The number of aliphatic imine (C=N–C) groups is 1. The monoisotopic (exact) mass is 370 g/mol. The average molecular weight is 370 g/mol. The van der Waals surface area contributed by atoms with Crippen molar-refractivity contribution in [2.45, 2.75) is 34.1 Å². The minimum absolute atomic E-state index is 0.106. The Labute approximate surface area is 164 Å². The average Bonchev–Trinajstić information content (AvgIpc) is 2.96. The van der Waals surface area contributed by atoms with E-state index in [1.807, 2.05) is 13.0 Å². The van der Waals surface area contributed by atoms with Gasteiger partial charge in [-0.1, -0.05) is 42.8 Å². The molecule has 0 atom stereocenters. The summed E-state index contributed by atoms with van der Waals surface area (Å²) < 4.78 is 0. The number of non-ortho nitro benzene ring substituents is 1. The van der Waals surface area contributed by atoms with Crippen LogP contribution in [-0.4, -0.2) is 10.6 Å². The van der Waals surface area contributed by atoms with Crippen molar-refractivity contribution in [3.63, 3.8) is 0 Å². The lowest BCUT2D eigenvalue weighted by atomic mass is 9.99. The molecule has 0 saturated heterocycles. The van der Waals surface area contributed by atoms with Crippen LogP contribution in [0, 0.1) is 30.9 Å². The van der Waals surface area contributed by atoms with Crippen molar-refractivity contribution < 1.29 is 4.92 Å². The zero-order chi connectivity index (χ0) is 20.0. The molecule has 0 fully saturated rings. The van der Waals surface area contributed by atoms with Gasteiger partial charge in [0.2, 0.25) is 0 Å². The molecule has 0 unspecified atom stereocenters. The zero-order valence-corrected chi connectivity index (χ0v) is 16.5. The van der Waals surface area contributed by atoms with Crippen LogP contribution in [0.4, 0.5) is 11.4 Å². The molecule has 0 amide bonds. The van der Waals surface area contributed by atoms with Crippen LogP contribution >= 0.6 is 0 Å². The van der Waals surface area contributed by atoms with E-state index in [9.17, 15) is 10.1 Å². The number of benzene rings is 3. The molecule has 28 heavy (non-hydrogen) atoms. The maximum absolute atomic E-state index is 11.5. The molecule has 1 aliphatic rings. The third kappa shape index (κ3) is 2.82. The summed E-state index contributed by atoms with van der Waals surface area (Å²) in [6.07, 6.45) is 0.884. The number of para-hydroxylation sites is 1. The van der Waals surface area contributed by atoms with Gasteiger partial charge in [0, 0.05) is 23.3 Å². The van der Waals surface area contributed by atoms with Crippen molar-refractivity contribution in [1.29, 1.82) is 0 Å². The third-order valence-corrected chi connectivity index (χ3v) is 5.41. The number of aryl methyl sites for hydroxylation is 4. The van der Waals surface area contributed by atoms with Gasteiger partial charge in [0.25, 0.3) is 5.69 Å². The fourth-order valence-corrected chi connectivity index (χ4v) is 4.03. The molecule has 4 rings (SSSR count). The van der Waals surface area contributed by atoms with Crippen molar-refractivity contribution >= 4 is 17.1 Å². The van der Waals surface area contributed by atoms with Gasteiger partial charge in [-0.15, -0.1) is 0 Å². The summed E-state index contributed by atoms with van der Waals surface area (Å²) in [7, 11) is 0. The number of rotatable bonds is 3. The fourth-order valence-electron chi connectivity index (χ4n) is 4.03. The van der Waals surface area contributed by atoms with E-state index in [-0.39, 0.29) is 10.6 Å². The van der Waals surface area contributed by atoms with Crippen molar-refractivity contribution in [3.05, 3.63) is 92.0 Å². The first-order valence-corrected chi connectivity index (χ1v) is 9.48. The highest BCUT2D eigenvalue weighted by molar-refractivity contribution is 6.26. The SMILES string of the molecule is CCc1cccc(C)c1N=C1c2cc(C)ccc2-c2c(C)cc([N+](=O)[O-])cc21. The van der Waals surface area contributed by atoms with Crippen LogP contribution in [0.3, 0.4) is 0 Å². The van der Waals surface area contributed by atoms with Gasteiger partial charge in [-0.3, -0.25) is 10.1 Å². The molecule has 0 radical (unpaired) electrons. The van der Waals surface area contributed by atoms with Gasteiger partial charge in [-0.05, 0) is 61.1 Å². The van der Waals surface area contributed by atoms with Crippen molar-refractivity contribution in [1.82, 2.24) is 0 Å². The van der Waals surface area contributed by atoms with Crippen LogP contribution in [0.1, 0.15) is 40.3 Å². The Balaban J connectivity index is 2.07. The number of fused-ring (bicyclic) bond motifs is 3. The first-order valence-electron chi connectivity index (χ1n) is 9.48. The topological polar surface area (TPSA) is 55.5 Å². The summed E-state index contributed by atoms with van der Waals surface area (Å²) in [5.41, 5.74) is 10.3. The molecule has 0 spiro atoms. The van der Waals surface area contributed by atoms with Crippen LogP contribution in [0.15, 0.2) is 53.5 Å². The molecule has 0 saturated carbocycles. The largest absolute Gasteiger partial charge is 0.270 e. The first kappa shape index (κ1) is 18.1. The van der Waals surface area contributed by atoms with Crippen molar-refractivity contribution in [2.24, 2.45) is 4.99 Å². The molecule has 0 N–H and O–H groups in total. The predicted octanol–water partition coefficient (Wildman–Crippen LogP) is 6.23. The summed E-state index contributed by atoms with van der Waals surface area (Å²) in [5.74, 6) is 0. The molecular weight excluding hydrogens is 348 g/mol. The van der Waals surface area contributed by atoms with E-state index in [1.165, 1.54) is 5.56 Å². The van der Waals surface area contributed by atoms with Gasteiger partial charge >= 0.3 is 0 Å². The van der Waals surface area contributed by atoms with E-state index in [0.29, 0.717) is 0 Å². The summed E-state index contributed by atoms with van der Waals surface area (Å²) in [4.78, 5) is 16.2. The maximum atomic E-state index is 11.5. The van der Waals surface area contributed by atoms with Gasteiger partial charge in [-0.25, -0.2) is 4.99 Å². The number of hydrogen-bond donors (Lipinski definition) is 0. The Bertz CT molecular complexity index is 1160. The van der Waals surface area contributed by atoms with E-state index in [4.69, 9.17) is 4.99 Å². The van der Waals surface area contributed by atoms with Gasteiger partial charge < -0.3 is 0 Å². The summed E-state index contributed by atoms with van der Waals surface area (Å²) in [6, 6.07) is 15.8. The second-order valence-electron chi connectivity index (χ2n) is 7.39. The number of nitrogens with zero attached hydrogens (tertiary/aromatic N) is 2. The Morgan fingerprint density at radius 3 is 2.43 bits per heavy atom. The fraction of sp³-hybridized carbons (Fsp3) is 0.208. The summed E-state index contributed by atoms with van der Waals surface area (Å²) in [6.45, 7) is 8.17. The van der Waals surface area contributed by atoms with Crippen LogP contribution in [0.2, 0.25) is 0 Å². The Morgan fingerprint density at radius 1 is 0.929 bits per heavy atom. The standard InChI is InChI=1S/C24H22N2O2/c1-5-17-8-6-7-15(3)23(17)25-24-20-11-14(2)9-10-19(20)22-16(4)12-18(26(27)28)13-21(22)24/h6-13H,5H2,1-4H3. The lowest BCUT2D eigenvalue weighted by Gasteiger charge is -2.10. The number of hydrogen-bond acceptors (Lipinski definition) is 3. The van der Waals surface area contributed by atoms with E-state index in [2.05, 4.69) is 51.1 Å². The Hall–Kier alpha value is -3.27. The first-order chi connectivity index (χ1) is 13.4. The quantitative estimate of drug-likeness (QED) is 0.317. The molecule has 3 aromatic rings. The molecule has 4 nitrogen and oxygen atoms in total. The molecule has 0 heterocycles. The lowest BCUT2D eigenvalue weighted by molar-refractivity contribution is -0.384. The number of nitro groups is 1. The minimum atomic E-state index is -0.329. The second kappa shape index (κ2) is 6.71. The summed E-state index contributed by atoms with van der Waals surface area (Å²) >= 11 is 0. The van der Waals surface area contributed by atoms with Crippen molar-refractivity contribution in [3.8, 4) is 11.1 Å². The van der Waals surface area contributed by atoms with Gasteiger partial charge in [0.05, 0.1) is 16.3 Å². The van der Waals surface area contributed by atoms with Gasteiger partial charge in [0.1, 0.15) is 0 Å². The maximum Gasteiger partial charge on any atom is 0.270 e. The molecule has 4 heteroatoms. The highest BCUT2D eigenvalue weighted by Gasteiger charge is 2.29. The van der Waals surface area contributed by atoms with Crippen LogP contribution in [0.25, 0.3) is 11.1 Å². The second-order valence-corrected chi connectivity index (χ2v) is 7.39. The molecule has 1 aliphatic carbocycles. The smallest absolute Gasteiger partial charge is 0.258 e. The van der Waals surface area contributed by atoms with Crippen LogP contribution in [-0.2, 0) is 6.42 Å².